The second-order valence-corrected chi connectivity index (χ2v) is 5.34. The summed E-state index contributed by atoms with van der Waals surface area (Å²) in [6, 6.07) is 7.71. The lowest BCUT2D eigenvalue weighted by Crippen LogP contribution is -2.36. The predicted molar refractivity (Wildman–Crippen MR) is 87.0 cm³/mol. The third-order valence-corrected chi connectivity index (χ3v) is 3.75. The van der Waals surface area contributed by atoms with Crippen LogP contribution in [-0.2, 0) is 20.5 Å². The zero-order valence-electron chi connectivity index (χ0n) is 13.3. The molecule has 7 heteroatoms. The molecule has 7 nitrogen and oxygen atoms in total. The monoisotopic (exact) mass is 314 g/mol. The van der Waals surface area contributed by atoms with Crippen LogP contribution in [0.2, 0.25) is 0 Å². The molecule has 0 amide bonds. The van der Waals surface area contributed by atoms with Gasteiger partial charge in [-0.25, -0.2) is 9.78 Å². The number of aromatic nitrogens is 4. The molecule has 0 saturated carbocycles. The minimum Gasteiger partial charge on any atom is -0.494 e. The van der Waals surface area contributed by atoms with Crippen molar-refractivity contribution in [2.24, 2.45) is 14.1 Å². The number of aryl methyl sites for hydroxylation is 1. The van der Waals surface area contributed by atoms with E-state index in [9.17, 15) is 9.59 Å². The maximum absolute atomic E-state index is 12.1. The van der Waals surface area contributed by atoms with Crippen LogP contribution in [-0.4, -0.2) is 25.7 Å². The summed E-state index contributed by atoms with van der Waals surface area (Å²) in [6.07, 6.45) is 0.540. The summed E-state index contributed by atoms with van der Waals surface area (Å²) in [5.41, 5.74) is 0.999. The van der Waals surface area contributed by atoms with Crippen LogP contribution in [0.3, 0.4) is 0 Å². The number of ether oxygens (including phenoxy) is 1. The molecule has 1 aromatic carbocycles. The maximum atomic E-state index is 12.1. The lowest BCUT2D eigenvalue weighted by atomic mass is 10.1. The van der Waals surface area contributed by atoms with Crippen molar-refractivity contribution in [2.75, 3.05) is 6.61 Å². The standard InChI is InChI=1S/C16H18N4O3/c1-4-23-11-7-5-10(6-8-11)9-12-17-13-14(18-12)19(2)16(22)20(3)15(13)21/h5-8H,4,9H2,1-3H3,(H,17,18). The Morgan fingerprint density at radius 3 is 2.48 bits per heavy atom. The Labute approximate surface area is 132 Å². The van der Waals surface area contributed by atoms with Crippen molar-refractivity contribution in [1.29, 1.82) is 0 Å². The van der Waals surface area contributed by atoms with Crippen LogP contribution < -0.4 is 16.0 Å². The zero-order valence-corrected chi connectivity index (χ0v) is 13.3. The Hall–Kier alpha value is -2.83. The number of benzene rings is 1. The topological polar surface area (TPSA) is 81.9 Å². The SMILES string of the molecule is CCOc1ccc(Cc2nc3c([nH]2)c(=O)n(C)c(=O)n3C)cc1. The summed E-state index contributed by atoms with van der Waals surface area (Å²) in [5.74, 6) is 1.46. The molecule has 2 aromatic heterocycles. The lowest BCUT2D eigenvalue weighted by Gasteiger charge is -2.03. The second-order valence-electron chi connectivity index (χ2n) is 5.34. The average molecular weight is 314 g/mol. The molecule has 0 unspecified atom stereocenters. The van der Waals surface area contributed by atoms with Gasteiger partial charge in [0.05, 0.1) is 6.61 Å². The van der Waals surface area contributed by atoms with E-state index in [0.717, 1.165) is 15.9 Å². The molecule has 0 radical (unpaired) electrons. The van der Waals surface area contributed by atoms with Crippen molar-refractivity contribution in [1.82, 2.24) is 19.1 Å². The minimum atomic E-state index is -0.387. The fraction of sp³-hybridized carbons (Fsp3) is 0.312. The van der Waals surface area contributed by atoms with Crippen LogP contribution in [0.4, 0.5) is 0 Å². The van der Waals surface area contributed by atoms with Crippen LogP contribution in [0.15, 0.2) is 33.9 Å². The highest BCUT2D eigenvalue weighted by atomic mass is 16.5. The molecule has 3 rings (SSSR count). The largest absolute Gasteiger partial charge is 0.494 e. The maximum Gasteiger partial charge on any atom is 0.332 e. The first-order valence-electron chi connectivity index (χ1n) is 7.37. The Bertz CT molecular complexity index is 964. The number of fused-ring (bicyclic) bond motifs is 1. The molecule has 23 heavy (non-hydrogen) atoms. The fourth-order valence-corrected chi connectivity index (χ4v) is 2.52. The normalized spacial score (nSPS) is 11.1. The molecule has 0 saturated heterocycles. The lowest BCUT2D eigenvalue weighted by molar-refractivity contribution is 0.340. The van der Waals surface area contributed by atoms with E-state index in [1.54, 1.807) is 7.05 Å². The van der Waals surface area contributed by atoms with E-state index in [0.29, 0.717) is 30.0 Å². The molecule has 2 heterocycles. The van der Waals surface area contributed by atoms with Gasteiger partial charge < -0.3 is 9.72 Å². The number of nitrogens with zero attached hydrogens (tertiary/aromatic N) is 3. The quantitative estimate of drug-likeness (QED) is 0.777. The summed E-state index contributed by atoms with van der Waals surface area (Å²) < 4.78 is 7.85. The Morgan fingerprint density at radius 2 is 1.83 bits per heavy atom. The molecule has 0 aliphatic heterocycles. The number of rotatable bonds is 4. The molecule has 1 N–H and O–H groups in total. The second kappa shape index (κ2) is 5.75. The van der Waals surface area contributed by atoms with Gasteiger partial charge in [0.15, 0.2) is 5.65 Å². The van der Waals surface area contributed by atoms with E-state index in [4.69, 9.17) is 4.74 Å². The van der Waals surface area contributed by atoms with Gasteiger partial charge in [-0.2, -0.15) is 0 Å². The highest BCUT2D eigenvalue weighted by Gasteiger charge is 2.13. The number of H-pyrrole nitrogens is 1. The number of imidazole rings is 1. The van der Waals surface area contributed by atoms with E-state index < -0.39 is 0 Å². The first-order valence-corrected chi connectivity index (χ1v) is 7.37. The van der Waals surface area contributed by atoms with Crippen LogP contribution in [0.1, 0.15) is 18.3 Å². The third kappa shape index (κ3) is 2.65. The summed E-state index contributed by atoms with van der Waals surface area (Å²) in [6.45, 7) is 2.56. The molecule has 0 bridgehead atoms. The van der Waals surface area contributed by atoms with E-state index >= 15 is 0 Å². The fourth-order valence-electron chi connectivity index (χ4n) is 2.52. The summed E-state index contributed by atoms with van der Waals surface area (Å²) in [7, 11) is 3.06. The molecule has 0 aliphatic carbocycles. The van der Waals surface area contributed by atoms with E-state index in [1.165, 1.54) is 11.6 Å². The number of aromatic amines is 1. The van der Waals surface area contributed by atoms with Gasteiger partial charge in [0.25, 0.3) is 5.56 Å². The number of nitrogens with one attached hydrogen (secondary N) is 1. The minimum absolute atomic E-state index is 0.343. The molecular formula is C16H18N4O3. The van der Waals surface area contributed by atoms with Crippen molar-refractivity contribution in [2.45, 2.75) is 13.3 Å². The zero-order chi connectivity index (χ0) is 16.6. The van der Waals surface area contributed by atoms with Crippen molar-refractivity contribution in [3.05, 3.63) is 56.5 Å². The van der Waals surface area contributed by atoms with Crippen LogP contribution >= 0.6 is 0 Å². The van der Waals surface area contributed by atoms with Gasteiger partial charge in [-0.3, -0.25) is 13.9 Å². The van der Waals surface area contributed by atoms with Crippen molar-refractivity contribution in [3.63, 3.8) is 0 Å². The highest BCUT2D eigenvalue weighted by Crippen LogP contribution is 2.15. The first kappa shape index (κ1) is 15.1. The van der Waals surface area contributed by atoms with E-state index in [1.807, 2.05) is 31.2 Å². The Morgan fingerprint density at radius 1 is 1.13 bits per heavy atom. The van der Waals surface area contributed by atoms with Gasteiger partial charge in [-0.15, -0.1) is 0 Å². The van der Waals surface area contributed by atoms with Gasteiger partial charge >= 0.3 is 5.69 Å². The molecule has 3 aromatic rings. The van der Waals surface area contributed by atoms with E-state index in [2.05, 4.69) is 9.97 Å². The van der Waals surface area contributed by atoms with E-state index in [-0.39, 0.29) is 11.2 Å². The molecular weight excluding hydrogens is 296 g/mol. The summed E-state index contributed by atoms with van der Waals surface area (Å²) in [4.78, 5) is 31.5. The highest BCUT2D eigenvalue weighted by molar-refractivity contribution is 5.69. The van der Waals surface area contributed by atoms with Crippen molar-refractivity contribution < 1.29 is 4.74 Å². The van der Waals surface area contributed by atoms with Crippen LogP contribution in [0.5, 0.6) is 5.75 Å². The molecule has 120 valence electrons. The first-order chi connectivity index (χ1) is 11.0. The third-order valence-electron chi connectivity index (χ3n) is 3.75. The van der Waals surface area contributed by atoms with Gasteiger partial charge in [0, 0.05) is 20.5 Å². The molecule has 0 aliphatic rings. The average Bonchev–Trinajstić information content (AvgIpc) is 2.97. The summed E-state index contributed by atoms with van der Waals surface area (Å²) >= 11 is 0. The molecule has 0 spiro atoms. The Kier molecular flexibility index (Phi) is 3.77. The van der Waals surface area contributed by atoms with Crippen molar-refractivity contribution >= 4 is 11.2 Å². The van der Waals surface area contributed by atoms with Crippen LogP contribution in [0.25, 0.3) is 11.2 Å². The van der Waals surface area contributed by atoms with Gasteiger partial charge in [0.2, 0.25) is 0 Å². The molecule has 0 fully saturated rings. The van der Waals surface area contributed by atoms with Gasteiger partial charge in [-0.05, 0) is 24.6 Å². The van der Waals surface area contributed by atoms with Crippen LogP contribution in [0, 0.1) is 0 Å². The van der Waals surface area contributed by atoms with Gasteiger partial charge in [0.1, 0.15) is 17.1 Å². The molecule has 0 atom stereocenters. The predicted octanol–water partition coefficient (Wildman–Crippen LogP) is 0.950. The summed E-state index contributed by atoms with van der Waals surface area (Å²) in [5, 5.41) is 0. The smallest absolute Gasteiger partial charge is 0.332 e. The van der Waals surface area contributed by atoms with Gasteiger partial charge in [-0.1, -0.05) is 12.1 Å². The Balaban J connectivity index is 1.98. The van der Waals surface area contributed by atoms with Crippen molar-refractivity contribution in [3.8, 4) is 5.75 Å². The number of hydrogen-bond donors (Lipinski definition) is 1. The number of hydrogen-bond acceptors (Lipinski definition) is 4.